The van der Waals surface area contributed by atoms with Gasteiger partial charge in [0.15, 0.2) is 0 Å². The van der Waals surface area contributed by atoms with Gasteiger partial charge in [0, 0.05) is 22.5 Å². The normalized spacial score (nSPS) is 11.4. The Morgan fingerprint density at radius 2 is 2.00 bits per heavy atom. The monoisotopic (exact) mass is 343 g/mol. The summed E-state index contributed by atoms with van der Waals surface area (Å²) in [4.78, 5) is 11.4. The highest BCUT2D eigenvalue weighted by molar-refractivity contribution is 9.10. The molecule has 0 heterocycles. The van der Waals surface area contributed by atoms with Gasteiger partial charge in [-0.3, -0.25) is 4.79 Å². The van der Waals surface area contributed by atoms with E-state index in [4.69, 9.17) is 11.6 Å². The molecule has 1 aromatic carbocycles. The zero-order valence-electron chi connectivity index (χ0n) is 9.15. The highest BCUT2D eigenvalue weighted by Gasteiger charge is 2.31. The SMILES string of the molecule is O=C(CCCCl)Nc1cc(Br)cc(C(F)(F)F)c1. The fourth-order valence-corrected chi connectivity index (χ4v) is 1.90. The molecule has 0 aromatic heterocycles. The summed E-state index contributed by atoms with van der Waals surface area (Å²) >= 11 is 8.40. The molecule has 0 bridgehead atoms. The average Bonchev–Trinajstić information content (AvgIpc) is 2.24. The molecule has 1 N–H and O–H groups in total. The lowest BCUT2D eigenvalue weighted by atomic mass is 10.2. The first-order valence-electron chi connectivity index (χ1n) is 5.06. The van der Waals surface area contributed by atoms with Gasteiger partial charge in [-0.05, 0) is 24.6 Å². The highest BCUT2D eigenvalue weighted by atomic mass is 79.9. The smallest absolute Gasteiger partial charge is 0.326 e. The Labute approximate surface area is 116 Å². The van der Waals surface area contributed by atoms with Crippen molar-refractivity contribution in [2.45, 2.75) is 19.0 Å². The van der Waals surface area contributed by atoms with Crippen LogP contribution in [0.2, 0.25) is 0 Å². The molecule has 1 aromatic rings. The third-order valence-electron chi connectivity index (χ3n) is 2.05. The Balaban J connectivity index is 2.84. The molecule has 0 radical (unpaired) electrons. The van der Waals surface area contributed by atoms with Crippen molar-refractivity contribution in [2.75, 3.05) is 11.2 Å². The number of hydrogen-bond donors (Lipinski definition) is 1. The van der Waals surface area contributed by atoms with Crippen molar-refractivity contribution in [1.82, 2.24) is 0 Å². The second-order valence-corrected chi connectivity index (χ2v) is 4.86. The van der Waals surface area contributed by atoms with Gasteiger partial charge in [0.2, 0.25) is 5.91 Å². The number of carbonyl (C=O) groups excluding carboxylic acids is 1. The van der Waals surface area contributed by atoms with Crippen LogP contribution in [0.25, 0.3) is 0 Å². The second kappa shape index (κ2) is 6.43. The predicted molar refractivity (Wildman–Crippen MR) is 67.7 cm³/mol. The predicted octanol–water partition coefficient (Wildman–Crippen LogP) is 4.43. The minimum absolute atomic E-state index is 0.108. The van der Waals surface area contributed by atoms with Crippen molar-refractivity contribution < 1.29 is 18.0 Å². The van der Waals surface area contributed by atoms with Crippen molar-refractivity contribution >= 4 is 39.1 Å². The molecule has 0 saturated carbocycles. The second-order valence-electron chi connectivity index (χ2n) is 3.57. The largest absolute Gasteiger partial charge is 0.416 e. The minimum atomic E-state index is -4.45. The Morgan fingerprint density at radius 1 is 1.33 bits per heavy atom. The fraction of sp³-hybridized carbons (Fsp3) is 0.364. The van der Waals surface area contributed by atoms with Crippen LogP contribution in [-0.4, -0.2) is 11.8 Å². The quantitative estimate of drug-likeness (QED) is 0.805. The van der Waals surface area contributed by atoms with Crippen molar-refractivity contribution in [3.63, 3.8) is 0 Å². The maximum atomic E-state index is 12.5. The van der Waals surface area contributed by atoms with E-state index in [2.05, 4.69) is 21.2 Å². The maximum Gasteiger partial charge on any atom is 0.416 e. The van der Waals surface area contributed by atoms with Crippen LogP contribution in [0.5, 0.6) is 0 Å². The minimum Gasteiger partial charge on any atom is -0.326 e. The molecule has 0 fully saturated rings. The Kier molecular flexibility index (Phi) is 5.47. The number of alkyl halides is 4. The van der Waals surface area contributed by atoms with Gasteiger partial charge in [-0.15, -0.1) is 11.6 Å². The van der Waals surface area contributed by atoms with Crippen molar-refractivity contribution in [3.8, 4) is 0 Å². The number of rotatable bonds is 4. The number of hydrogen-bond acceptors (Lipinski definition) is 1. The molecular formula is C11H10BrClF3NO. The zero-order valence-corrected chi connectivity index (χ0v) is 11.5. The van der Waals surface area contributed by atoms with E-state index in [-0.39, 0.29) is 22.5 Å². The molecule has 18 heavy (non-hydrogen) atoms. The maximum absolute atomic E-state index is 12.5. The molecule has 0 aliphatic carbocycles. The van der Waals surface area contributed by atoms with Crippen LogP contribution in [0.15, 0.2) is 22.7 Å². The first kappa shape index (κ1) is 15.3. The van der Waals surface area contributed by atoms with E-state index in [1.165, 1.54) is 6.07 Å². The van der Waals surface area contributed by atoms with Gasteiger partial charge in [0.1, 0.15) is 0 Å². The van der Waals surface area contributed by atoms with Crippen LogP contribution in [0.1, 0.15) is 18.4 Å². The molecule has 0 aliphatic rings. The zero-order chi connectivity index (χ0) is 13.8. The van der Waals surface area contributed by atoms with Crippen LogP contribution in [0.4, 0.5) is 18.9 Å². The van der Waals surface area contributed by atoms with E-state index in [9.17, 15) is 18.0 Å². The summed E-state index contributed by atoms with van der Waals surface area (Å²) in [6.07, 6.45) is -3.79. The summed E-state index contributed by atoms with van der Waals surface area (Å²) in [7, 11) is 0. The third kappa shape index (κ3) is 4.86. The van der Waals surface area contributed by atoms with Crippen LogP contribution in [-0.2, 0) is 11.0 Å². The first-order valence-corrected chi connectivity index (χ1v) is 6.39. The number of halogens is 5. The van der Waals surface area contributed by atoms with Crippen LogP contribution < -0.4 is 5.32 Å². The first-order chi connectivity index (χ1) is 8.32. The van der Waals surface area contributed by atoms with E-state index in [1.807, 2.05) is 0 Å². The van der Waals surface area contributed by atoms with Gasteiger partial charge in [-0.1, -0.05) is 15.9 Å². The van der Waals surface area contributed by atoms with Gasteiger partial charge < -0.3 is 5.32 Å². The topological polar surface area (TPSA) is 29.1 Å². The van der Waals surface area contributed by atoms with Gasteiger partial charge in [-0.2, -0.15) is 13.2 Å². The third-order valence-corrected chi connectivity index (χ3v) is 2.77. The van der Waals surface area contributed by atoms with Crippen LogP contribution in [0.3, 0.4) is 0 Å². The summed E-state index contributed by atoms with van der Waals surface area (Å²) in [5, 5.41) is 2.40. The summed E-state index contributed by atoms with van der Waals surface area (Å²) < 4.78 is 37.9. The van der Waals surface area contributed by atoms with Crippen molar-refractivity contribution in [2.24, 2.45) is 0 Å². The summed E-state index contributed by atoms with van der Waals surface area (Å²) in [6.45, 7) is 0. The van der Waals surface area contributed by atoms with Crippen LogP contribution in [0, 0.1) is 0 Å². The lowest BCUT2D eigenvalue weighted by molar-refractivity contribution is -0.137. The van der Waals surface area contributed by atoms with Gasteiger partial charge in [0.05, 0.1) is 5.56 Å². The fourth-order valence-electron chi connectivity index (χ4n) is 1.28. The van der Waals surface area contributed by atoms with E-state index in [0.717, 1.165) is 12.1 Å². The Bertz CT molecular complexity index is 437. The molecule has 0 unspecified atom stereocenters. The van der Waals surface area contributed by atoms with Gasteiger partial charge in [-0.25, -0.2) is 0 Å². The number of anilines is 1. The van der Waals surface area contributed by atoms with E-state index in [1.54, 1.807) is 0 Å². The molecule has 7 heteroatoms. The molecule has 100 valence electrons. The Morgan fingerprint density at radius 3 is 2.56 bits per heavy atom. The van der Waals surface area contributed by atoms with Crippen molar-refractivity contribution in [3.05, 3.63) is 28.2 Å². The number of amides is 1. The molecular weight excluding hydrogens is 334 g/mol. The van der Waals surface area contributed by atoms with Gasteiger partial charge >= 0.3 is 6.18 Å². The van der Waals surface area contributed by atoms with E-state index < -0.39 is 11.7 Å². The summed E-state index contributed by atoms with van der Waals surface area (Å²) in [5.41, 5.74) is -0.708. The molecule has 0 atom stereocenters. The molecule has 1 rings (SSSR count). The number of benzene rings is 1. The number of carbonyl (C=O) groups is 1. The lowest BCUT2D eigenvalue weighted by Crippen LogP contribution is -2.13. The Hall–Kier alpha value is -0.750. The number of nitrogens with one attached hydrogen (secondary N) is 1. The molecule has 0 aliphatic heterocycles. The molecule has 1 amide bonds. The molecule has 2 nitrogen and oxygen atoms in total. The lowest BCUT2D eigenvalue weighted by Gasteiger charge is -2.11. The average molecular weight is 345 g/mol. The van der Waals surface area contributed by atoms with Crippen molar-refractivity contribution in [1.29, 1.82) is 0 Å². The van der Waals surface area contributed by atoms with Gasteiger partial charge in [0.25, 0.3) is 0 Å². The van der Waals surface area contributed by atoms with Crippen LogP contribution >= 0.6 is 27.5 Å². The van der Waals surface area contributed by atoms with E-state index in [0.29, 0.717) is 12.3 Å². The summed E-state index contributed by atoms with van der Waals surface area (Å²) in [5.74, 6) is -0.0263. The highest BCUT2D eigenvalue weighted by Crippen LogP contribution is 2.33. The molecule has 0 saturated heterocycles. The standard InChI is InChI=1S/C11H10BrClF3NO/c12-8-4-7(11(14,15)16)5-9(6-8)17-10(18)2-1-3-13/h4-6H,1-3H2,(H,17,18). The van der Waals surface area contributed by atoms with E-state index >= 15 is 0 Å². The molecule has 0 spiro atoms. The summed E-state index contributed by atoms with van der Waals surface area (Å²) in [6, 6.07) is 3.26.